The Hall–Kier alpha value is -2.26. The second kappa shape index (κ2) is 7.75. The Morgan fingerprint density at radius 3 is 2.24 bits per heavy atom. The number of hydrogen-bond acceptors (Lipinski definition) is 7. The van der Waals surface area contributed by atoms with Crippen LogP contribution in [0.4, 0.5) is 0 Å². The number of rotatable bonds is 6. The second-order valence-electron chi connectivity index (χ2n) is 5.02. The largest absolute Gasteiger partial charge is 0.493 e. The normalized spacial score (nSPS) is 17.0. The van der Waals surface area contributed by atoms with Crippen molar-refractivity contribution in [3.05, 3.63) is 22.6 Å². The molecule has 1 aromatic carbocycles. The lowest BCUT2D eigenvalue weighted by Crippen LogP contribution is -2.41. The molecule has 0 unspecified atom stereocenters. The predicted octanol–water partition coefficient (Wildman–Crippen LogP) is 2.39. The molecule has 1 aliphatic heterocycles. The van der Waals surface area contributed by atoms with Gasteiger partial charge in [0, 0.05) is 0 Å². The Balaban J connectivity index is 2.43. The number of carbonyl (C=O) groups is 2. The molecule has 1 atom stereocenters. The molecule has 134 valence electrons. The number of nitrogens with zero attached hydrogens (tertiary/aromatic N) is 1. The lowest BCUT2D eigenvalue weighted by Gasteiger charge is -2.18. The van der Waals surface area contributed by atoms with Gasteiger partial charge in [-0.05, 0) is 30.7 Å². The molecule has 9 heteroatoms. The molecule has 7 nitrogen and oxygen atoms in total. The Kier molecular flexibility index (Phi) is 5.91. The smallest absolute Gasteiger partial charge is 0.326 e. The number of benzene rings is 1. The van der Waals surface area contributed by atoms with Crippen LogP contribution < -0.4 is 14.2 Å². The standard InChI is InChI=1S/C16H17NO6S2/c1-8(15(19)20)17-14(18)12(25-16(17)24)7-9-5-10(21-2)13(23-4)11(6-9)22-3/h5-8H,1-4H3,(H,19,20)/b12-7+/t8-/m1/s1. The van der Waals surface area contributed by atoms with Gasteiger partial charge in [0.05, 0.1) is 26.2 Å². The van der Waals surface area contributed by atoms with Gasteiger partial charge in [-0.2, -0.15) is 0 Å². The van der Waals surface area contributed by atoms with Gasteiger partial charge in [-0.3, -0.25) is 9.69 Å². The van der Waals surface area contributed by atoms with Crippen molar-refractivity contribution in [3.63, 3.8) is 0 Å². The van der Waals surface area contributed by atoms with E-state index in [1.165, 1.54) is 28.3 Å². The van der Waals surface area contributed by atoms with Crippen molar-refractivity contribution in [2.75, 3.05) is 21.3 Å². The van der Waals surface area contributed by atoms with Gasteiger partial charge in [0.25, 0.3) is 5.91 Å². The minimum atomic E-state index is -1.12. The van der Waals surface area contributed by atoms with Crippen LogP contribution in [0.2, 0.25) is 0 Å². The molecule has 1 fully saturated rings. The van der Waals surface area contributed by atoms with Gasteiger partial charge in [0.1, 0.15) is 10.4 Å². The van der Waals surface area contributed by atoms with Crippen molar-refractivity contribution in [1.29, 1.82) is 0 Å². The van der Waals surface area contributed by atoms with Gasteiger partial charge >= 0.3 is 5.97 Å². The summed E-state index contributed by atoms with van der Waals surface area (Å²) in [6.07, 6.45) is 1.61. The van der Waals surface area contributed by atoms with Gasteiger partial charge in [-0.15, -0.1) is 0 Å². The van der Waals surface area contributed by atoms with E-state index >= 15 is 0 Å². The molecule has 1 aliphatic rings. The van der Waals surface area contributed by atoms with Crippen LogP contribution in [-0.2, 0) is 9.59 Å². The van der Waals surface area contributed by atoms with Crippen molar-refractivity contribution >= 4 is 46.3 Å². The van der Waals surface area contributed by atoms with Crippen LogP contribution in [-0.4, -0.2) is 53.6 Å². The van der Waals surface area contributed by atoms with Crippen molar-refractivity contribution in [1.82, 2.24) is 4.90 Å². The highest BCUT2D eigenvalue weighted by atomic mass is 32.2. The first kappa shape index (κ1) is 19.1. The van der Waals surface area contributed by atoms with E-state index in [0.717, 1.165) is 16.7 Å². The fourth-order valence-electron chi connectivity index (χ4n) is 2.26. The first-order valence-corrected chi connectivity index (χ1v) is 8.36. The number of thiocarbonyl (C=S) groups is 1. The molecule has 1 saturated heterocycles. The summed E-state index contributed by atoms with van der Waals surface area (Å²) in [4.78, 5) is 25.1. The number of amides is 1. The van der Waals surface area contributed by atoms with Gasteiger partial charge in [-0.25, -0.2) is 4.79 Å². The lowest BCUT2D eigenvalue weighted by molar-refractivity contribution is -0.144. The number of carboxylic acids is 1. The van der Waals surface area contributed by atoms with Crippen LogP contribution in [0.5, 0.6) is 17.2 Å². The molecule has 0 spiro atoms. The summed E-state index contributed by atoms with van der Waals surface area (Å²) in [6.45, 7) is 1.41. The predicted molar refractivity (Wildman–Crippen MR) is 98.2 cm³/mol. The molecule has 1 aromatic rings. The molecule has 25 heavy (non-hydrogen) atoms. The molecule has 0 saturated carbocycles. The Bertz CT molecular complexity index is 736. The average Bonchev–Trinajstić information content (AvgIpc) is 2.86. The summed E-state index contributed by atoms with van der Waals surface area (Å²) >= 11 is 6.19. The number of thioether (sulfide) groups is 1. The summed E-state index contributed by atoms with van der Waals surface area (Å²) in [5.74, 6) is -0.233. The van der Waals surface area contributed by atoms with E-state index in [4.69, 9.17) is 31.5 Å². The topological polar surface area (TPSA) is 85.3 Å². The lowest BCUT2D eigenvalue weighted by atomic mass is 10.1. The third kappa shape index (κ3) is 3.72. The van der Waals surface area contributed by atoms with E-state index in [1.54, 1.807) is 18.2 Å². The van der Waals surface area contributed by atoms with E-state index in [1.807, 2.05) is 0 Å². The molecule has 0 radical (unpaired) electrons. The maximum absolute atomic E-state index is 12.5. The first-order valence-electron chi connectivity index (χ1n) is 7.13. The number of hydrogen-bond donors (Lipinski definition) is 1. The Morgan fingerprint density at radius 2 is 1.80 bits per heavy atom. The third-order valence-electron chi connectivity index (χ3n) is 3.55. The zero-order valence-electron chi connectivity index (χ0n) is 14.1. The highest BCUT2D eigenvalue weighted by Crippen LogP contribution is 2.40. The quantitative estimate of drug-likeness (QED) is 0.592. The van der Waals surface area contributed by atoms with E-state index in [2.05, 4.69) is 0 Å². The van der Waals surface area contributed by atoms with E-state index in [0.29, 0.717) is 27.7 Å². The monoisotopic (exact) mass is 383 g/mol. The Morgan fingerprint density at radius 1 is 1.24 bits per heavy atom. The summed E-state index contributed by atoms with van der Waals surface area (Å²) in [5.41, 5.74) is 0.637. The van der Waals surface area contributed by atoms with Crippen LogP contribution in [0.1, 0.15) is 12.5 Å². The molecule has 0 aromatic heterocycles. The van der Waals surface area contributed by atoms with E-state index < -0.39 is 17.9 Å². The van der Waals surface area contributed by atoms with Crippen molar-refractivity contribution < 1.29 is 28.9 Å². The molecule has 0 bridgehead atoms. The van der Waals surface area contributed by atoms with Crippen molar-refractivity contribution in [3.8, 4) is 17.2 Å². The fourth-order valence-corrected chi connectivity index (χ4v) is 3.68. The van der Waals surface area contributed by atoms with Crippen molar-refractivity contribution in [2.45, 2.75) is 13.0 Å². The summed E-state index contributed by atoms with van der Waals surface area (Å²) < 4.78 is 16.0. The second-order valence-corrected chi connectivity index (χ2v) is 6.70. The zero-order chi connectivity index (χ0) is 18.7. The molecule has 1 heterocycles. The SMILES string of the molecule is COc1cc(/C=C2/SC(=S)N([C@H](C)C(=O)O)C2=O)cc(OC)c1OC. The first-order chi connectivity index (χ1) is 11.8. The molecule has 1 N–H and O–H groups in total. The average molecular weight is 383 g/mol. The van der Waals surface area contributed by atoms with E-state index in [-0.39, 0.29) is 4.32 Å². The minimum absolute atomic E-state index is 0.207. The molecule has 2 rings (SSSR count). The van der Waals surface area contributed by atoms with Crippen LogP contribution in [0.25, 0.3) is 6.08 Å². The Labute approximate surface area is 154 Å². The van der Waals surface area contributed by atoms with E-state index in [9.17, 15) is 9.59 Å². The zero-order valence-corrected chi connectivity index (χ0v) is 15.7. The molecule has 0 aliphatic carbocycles. The maximum atomic E-state index is 12.5. The highest BCUT2D eigenvalue weighted by molar-refractivity contribution is 8.26. The van der Waals surface area contributed by atoms with Gasteiger partial charge in [0.15, 0.2) is 11.5 Å². The van der Waals surface area contributed by atoms with Crippen LogP contribution in [0.15, 0.2) is 17.0 Å². The summed E-state index contributed by atoms with van der Waals surface area (Å²) in [5, 5.41) is 9.12. The number of carbonyl (C=O) groups excluding carboxylic acids is 1. The highest BCUT2D eigenvalue weighted by Gasteiger charge is 2.38. The summed E-state index contributed by atoms with van der Waals surface area (Å²) in [6, 6.07) is 2.35. The molecular weight excluding hydrogens is 366 g/mol. The van der Waals surface area contributed by atoms with Gasteiger partial charge in [-0.1, -0.05) is 24.0 Å². The number of carboxylic acid groups (broad SMARTS) is 1. The number of ether oxygens (including phenoxy) is 3. The van der Waals surface area contributed by atoms with Crippen LogP contribution >= 0.6 is 24.0 Å². The third-order valence-corrected chi connectivity index (χ3v) is 4.88. The fraction of sp³-hybridized carbons (Fsp3) is 0.312. The van der Waals surface area contributed by atoms with Crippen LogP contribution in [0, 0.1) is 0 Å². The number of methoxy groups -OCH3 is 3. The van der Waals surface area contributed by atoms with Crippen LogP contribution in [0.3, 0.4) is 0 Å². The maximum Gasteiger partial charge on any atom is 0.326 e. The molecule has 1 amide bonds. The van der Waals surface area contributed by atoms with Gasteiger partial charge in [0.2, 0.25) is 5.75 Å². The van der Waals surface area contributed by atoms with Gasteiger partial charge < -0.3 is 19.3 Å². The number of aliphatic carboxylic acids is 1. The minimum Gasteiger partial charge on any atom is -0.493 e. The van der Waals surface area contributed by atoms with Crippen molar-refractivity contribution in [2.24, 2.45) is 0 Å². The molecular formula is C16H17NO6S2. The summed E-state index contributed by atoms with van der Waals surface area (Å²) in [7, 11) is 4.49.